The minimum Gasteiger partial charge on any atom is -0.394 e. The zero-order chi connectivity index (χ0) is 11.1. The number of amides is 1. The van der Waals surface area contributed by atoms with Crippen LogP contribution in [-0.4, -0.2) is 50.5 Å². The molecular formula is C10H18N2O3. The number of aliphatic hydroxyl groups is 1. The van der Waals surface area contributed by atoms with E-state index in [1.807, 2.05) is 6.92 Å². The average molecular weight is 214 g/mol. The number of carbonyl (C=O) groups excluding carboxylic acids is 1. The molecule has 0 bridgehead atoms. The van der Waals surface area contributed by atoms with Gasteiger partial charge in [0.05, 0.1) is 19.8 Å². The van der Waals surface area contributed by atoms with Gasteiger partial charge in [0.1, 0.15) is 0 Å². The number of aliphatic hydroxyl groups excluding tert-OH is 1. The van der Waals surface area contributed by atoms with Crippen molar-refractivity contribution >= 4 is 5.91 Å². The maximum Gasteiger partial charge on any atom is 0.247 e. The highest BCUT2D eigenvalue weighted by atomic mass is 16.5. The van der Waals surface area contributed by atoms with Crippen LogP contribution >= 0.6 is 0 Å². The van der Waals surface area contributed by atoms with Crippen LogP contribution in [0.2, 0.25) is 0 Å². The molecule has 0 aliphatic carbocycles. The Balaban J connectivity index is 2.13. The molecule has 1 rings (SSSR count). The van der Waals surface area contributed by atoms with Crippen molar-refractivity contribution in [2.45, 2.75) is 6.92 Å². The fourth-order valence-corrected chi connectivity index (χ4v) is 1.21. The minimum atomic E-state index is -0.0286. The summed E-state index contributed by atoms with van der Waals surface area (Å²) in [5.74, 6) is -0.0286. The lowest BCUT2D eigenvalue weighted by Gasteiger charge is -2.21. The standard InChI is InChI=1S/C10H18N2O3/c1-8(9-6-11-7-9)10(14)12-2-4-15-5-3-13/h11,13H,2-7H2,1H3,(H,12,14). The molecule has 86 valence electrons. The zero-order valence-corrected chi connectivity index (χ0v) is 9.01. The van der Waals surface area contributed by atoms with Crippen LogP contribution in [0.4, 0.5) is 0 Å². The molecule has 1 heterocycles. The Hall–Kier alpha value is -0.910. The normalized spacial score (nSPS) is 14.7. The Labute approximate surface area is 89.5 Å². The summed E-state index contributed by atoms with van der Waals surface area (Å²) in [6, 6.07) is 0. The number of carbonyl (C=O) groups is 1. The highest BCUT2D eigenvalue weighted by molar-refractivity contribution is 5.93. The molecule has 5 nitrogen and oxygen atoms in total. The van der Waals surface area contributed by atoms with E-state index in [1.54, 1.807) is 0 Å². The van der Waals surface area contributed by atoms with Crippen molar-refractivity contribution < 1.29 is 14.6 Å². The second-order valence-electron chi connectivity index (χ2n) is 3.42. The fourth-order valence-electron chi connectivity index (χ4n) is 1.21. The van der Waals surface area contributed by atoms with Crippen molar-refractivity contribution in [3.05, 3.63) is 11.1 Å². The number of hydrogen-bond donors (Lipinski definition) is 3. The zero-order valence-electron chi connectivity index (χ0n) is 9.01. The molecule has 1 amide bonds. The number of ether oxygens (including phenoxy) is 1. The van der Waals surface area contributed by atoms with E-state index in [4.69, 9.17) is 9.84 Å². The van der Waals surface area contributed by atoms with Gasteiger partial charge in [0, 0.05) is 25.2 Å². The molecule has 0 atom stereocenters. The molecule has 0 aromatic carbocycles. The number of rotatable bonds is 6. The Morgan fingerprint density at radius 2 is 2.27 bits per heavy atom. The Morgan fingerprint density at radius 3 is 2.80 bits per heavy atom. The molecule has 1 saturated heterocycles. The molecule has 0 unspecified atom stereocenters. The lowest BCUT2D eigenvalue weighted by molar-refractivity contribution is -0.117. The molecule has 5 heteroatoms. The third kappa shape index (κ3) is 3.99. The largest absolute Gasteiger partial charge is 0.394 e. The number of nitrogens with one attached hydrogen (secondary N) is 2. The van der Waals surface area contributed by atoms with Crippen LogP contribution in [0.25, 0.3) is 0 Å². The molecule has 3 N–H and O–H groups in total. The van der Waals surface area contributed by atoms with Gasteiger partial charge in [0.25, 0.3) is 0 Å². The van der Waals surface area contributed by atoms with E-state index in [2.05, 4.69) is 10.6 Å². The lowest BCUT2D eigenvalue weighted by atomic mass is 10.0. The van der Waals surface area contributed by atoms with E-state index in [1.165, 1.54) is 5.57 Å². The van der Waals surface area contributed by atoms with Crippen LogP contribution < -0.4 is 10.6 Å². The van der Waals surface area contributed by atoms with E-state index in [-0.39, 0.29) is 12.5 Å². The van der Waals surface area contributed by atoms with E-state index < -0.39 is 0 Å². The van der Waals surface area contributed by atoms with Gasteiger partial charge in [-0.3, -0.25) is 4.79 Å². The van der Waals surface area contributed by atoms with Gasteiger partial charge in [0.15, 0.2) is 0 Å². The Morgan fingerprint density at radius 1 is 1.53 bits per heavy atom. The van der Waals surface area contributed by atoms with E-state index >= 15 is 0 Å². The summed E-state index contributed by atoms with van der Waals surface area (Å²) in [7, 11) is 0. The third-order valence-corrected chi connectivity index (χ3v) is 2.32. The van der Waals surface area contributed by atoms with Crippen LogP contribution in [0.3, 0.4) is 0 Å². The summed E-state index contributed by atoms with van der Waals surface area (Å²) >= 11 is 0. The Bertz CT molecular complexity index is 245. The van der Waals surface area contributed by atoms with Crippen molar-refractivity contribution in [3.8, 4) is 0 Å². The van der Waals surface area contributed by atoms with Gasteiger partial charge < -0.3 is 20.5 Å². The SMILES string of the molecule is CC(C(=O)NCCOCCO)=C1CNC1. The lowest BCUT2D eigenvalue weighted by Crippen LogP contribution is -2.38. The molecule has 1 aliphatic rings. The Kier molecular flexibility index (Phi) is 5.31. The van der Waals surface area contributed by atoms with Crippen LogP contribution in [0, 0.1) is 0 Å². The van der Waals surface area contributed by atoms with Gasteiger partial charge in [-0.05, 0) is 12.5 Å². The van der Waals surface area contributed by atoms with E-state index in [9.17, 15) is 4.79 Å². The first-order valence-electron chi connectivity index (χ1n) is 5.12. The molecule has 0 spiro atoms. The first-order chi connectivity index (χ1) is 7.25. The van der Waals surface area contributed by atoms with Gasteiger partial charge in [-0.2, -0.15) is 0 Å². The van der Waals surface area contributed by atoms with Crippen molar-refractivity contribution in [3.63, 3.8) is 0 Å². The fraction of sp³-hybridized carbons (Fsp3) is 0.700. The van der Waals surface area contributed by atoms with Crippen LogP contribution in [0.15, 0.2) is 11.1 Å². The summed E-state index contributed by atoms with van der Waals surface area (Å²) in [5, 5.41) is 14.3. The van der Waals surface area contributed by atoms with Gasteiger partial charge in [-0.25, -0.2) is 0 Å². The highest BCUT2D eigenvalue weighted by Crippen LogP contribution is 2.08. The summed E-state index contributed by atoms with van der Waals surface area (Å²) in [6.45, 7) is 4.73. The van der Waals surface area contributed by atoms with Crippen LogP contribution in [-0.2, 0) is 9.53 Å². The summed E-state index contributed by atoms with van der Waals surface area (Å²) in [6.07, 6.45) is 0. The summed E-state index contributed by atoms with van der Waals surface area (Å²) in [4.78, 5) is 11.5. The minimum absolute atomic E-state index is 0.0166. The van der Waals surface area contributed by atoms with Crippen LogP contribution in [0.5, 0.6) is 0 Å². The maximum atomic E-state index is 11.5. The van der Waals surface area contributed by atoms with E-state index in [0.717, 1.165) is 18.7 Å². The second-order valence-corrected chi connectivity index (χ2v) is 3.42. The highest BCUT2D eigenvalue weighted by Gasteiger charge is 2.15. The first kappa shape index (κ1) is 12.2. The van der Waals surface area contributed by atoms with Crippen molar-refractivity contribution in [1.29, 1.82) is 0 Å². The van der Waals surface area contributed by atoms with Gasteiger partial charge in [0.2, 0.25) is 5.91 Å². The predicted molar refractivity (Wildman–Crippen MR) is 56.5 cm³/mol. The number of hydrogen-bond acceptors (Lipinski definition) is 4. The summed E-state index contributed by atoms with van der Waals surface area (Å²) < 4.78 is 5.02. The van der Waals surface area contributed by atoms with Gasteiger partial charge in [-0.1, -0.05) is 0 Å². The van der Waals surface area contributed by atoms with Crippen molar-refractivity contribution in [1.82, 2.24) is 10.6 Å². The molecule has 0 aromatic heterocycles. The third-order valence-electron chi connectivity index (χ3n) is 2.32. The molecule has 1 fully saturated rings. The van der Waals surface area contributed by atoms with Crippen LogP contribution in [0.1, 0.15) is 6.92 Å². The van der Waals surface area contributed by atoms with E-state index in [0.29, 0.717) is 19.8 Å². The first-order valence-corrected chi connectivity index (χ1v) is 5.12. The molecular weight excluding hydrogens is 196 g/mol. The van der Waals surface area contributed by atoms with Crippen molar-refractivity contribution in [2.75, 3.05) is 39.5 Å². The second kappa shape index (κ2) is 6.55. The van der Waals surface area contributed by atoms with Gasteiger partial charge in [-0.15, -0.1) is 0 Å². The predicted octanol–water partition coefficient (Wildman–Crippen LogP) is -0.969. The quantitative estimate of drug-likeness (QED) is 0.393. The molecule has 0 radical (unpaired) electrons. The monoisotopic (exact) mass is 214 g/mol. The summed E-state index contributed by atoms with van der Waals surface area (Å²) in [5.41, 5.74) is 1.97. The molecule has 0 aromatic rings. The smallest absolute Gasteiger partial charge is 0.247 e. The maximum absolute atomic E-state index is 11.5. The molecule has 1 aliphatic heterocycles. The van der Waals surface area contributed by atoms with Crippen molar-refractivity contribution in [2.24, 2.45) is 0 Å². The molecule has 0 saturated carbocycles. The van der Waals surface area contributed by atoms with Gasteiger partial charge >= 0.3 is 0 Å². The molecule has 15 heavy (non-hydrogen) atoms. The topological polar surface area (TPSA) is 70.6 Å². The average Bonchev–Trinajstić information content (AvgIpc) is 2.14.